The molecule has 0 spiro atoms. The molecule has 0 fully saturated rings. The van der Waals surface area contributed by atoms with Crippen molar-refractivity contribution in [2.24, 2.45) is 0 Å². The normalized spacial score (nSPS) is 9.94. The van der Waals surface area contributed by atoms with Crippen molar-refractivity contribution < 1.29 is 0 Å². The fourth-order valence-electron chi connectivity index (χ4n) is 3.18. The first kappa shape index (κ1) is 46.4. The molecule has 0 aliphatic heterocycles. The van der Waals surface area contributed by atoms with Gasteiger partial charge in [0.2, 0.25) is 0 Å². The molecule has 212 valence electrons. The van der Waals surface area contributed by atoms with Gasteiger partial charge in [-0.1, -0.05) is 184 Å². The van der Waals surface area contributed by atoms with Crippen LogP contribution < -0.4 is 0 Å². The monoisotopic (exact) mass is 636 g/mol. The SMILES string of the molecule is CCCCCCCCCCCC[S-].CCCCCCCCCCCC[S-].C[C](C)C.C[C](C)C.[Sn+2]. The molecule has 0 aliphatic rings. The average molecular weight is 636 g/mol. The molecule has 0 saturated heterocycles. The molecule has 0 aromatic carbocycles. The Kier molecular flexibility index (Phi) is 64.3. The Morgan fingerprint density at radius 1 is 0.343 bits per heavy atom. The van der Waals surface area contributed by atoms with E-state index in [1.807, 2.05) is 0 Å². The molecule has 0 saturated carbocycles. The van der Waals surface area contributed by atoms with E-state index in [9.17, 15) is 0 Å². The molecule has 0 nitrogen and oxygen atoms in total. The minimum Gasteiger partial charge on any atom is -0.793 e. The molecule has 0 aromatic heterocycles. The third-order valence-corrected chi connectivity index (χ3v) is 5.57. The van der Waals surface area contributed by atoms with Crippen molar-refractivity contribution >= 4 is 49.2 Å². The number of unbranched alkanes of at least 4 members (excludes halogenated alkanes) is 18. The zero-order valence-corrected chi connectivity index (χ0v) is 30.4. The molecule has 4 radical (unpaired) electrons. The topological polar surface area (TPSA) is 0 Å². The van der Waals surface area contributed by atoms with Crippen molar-refractivity contribution in [3.8, 4) is 0 Å². The maximum Gasteiger partial charge on any atom is 2.00 e. The summed E-state index contributed by atoms with van der Waals surface area (Å²) in [5.41, 5.74) is 0. The average Bonchev–Trinajstić information content (AvgIpc) is 2.77. The van der Waals surface area contributed by atoms with Gasteiger partial charge in [-0.05, 0) is 11.8 Å². The second-order valence-corrected chi connectivity index (χ2v) is 11.6. The van der Waals surface area contributed by atoms with E-state index in [2.05, 4.69) is 55.4 Å². The summed E-state index contributed by atoms with van der Waals surface area (Å²) >= 11 is 9.80. The molecule has 0 rings (SSSR count). The van der Waals surface area contributed by atoms with Crippen LogP contribution in [0.5, 0.6) is 0 Å². The second-order valence-electron chi connectivity index (χ2n) is 10.8. The van der Waals surface area contributed by atoms with Crippen LogP contribution in [0.4, 0.5) is 0 Å². The number of rotatable bonds is 20. The first-order chi connectivity index (χ1) is 16.3. The number of hydrogen-bond donors (Lipinski definition) is 0. The predicted octanol–water partition coefficient (Wildman–Crippen LogP) is 11.8. The van der Waals surface area contributed by atoms with Crippen LogP contribution >= 0.6 is 0 Å². The minimum absolute atomic E-state index is 0. The minimum atomic E-state index is 0. The van der Waals surface area contributed by atoms with Gasteiger partial charge < -0.3 is 25.3 Å². The van der Waals surface area contributed by atoms with Gasteiger partial charge >= 0.3 is 23.9 Å². The van der Waals surface area contributed by atoms with E-state index in [4.69, 9.17) is 25.3 Å². The summed E-state index contributed by atoms with van der Waals surface area (Å²) in [7, 11) is 0. The van der Waals surface area contributed by atoms with Crippen molar-refractivity contribution in [2.45, 2.75) is 184 Å². The number of hydrogen-bond acceptors (Lipinski definition) is 2. The van der Waals surface area contributed by atoms with Gasteiger partial charge in [0.1, 0.15) is 0 Å². The Balaban J connectivity index is -0.000000128. The van der Waals surface area contributed by atoms with E-state index in [0.717, 1.165) is 11.5 Å². The predicted molar refractivity (Wildman–Crippen MR) is 174 cm³/mol. The van der Waals surface area contributed by atoms with E-state index in [-0.39, 0.29) is 23.9 Å². The summed E-state index contributed by atoms with van der Waals surface area (Å²) in [5.74, 6) is 4.74. The van der Waals surface area contributed by atoms with Gasteiger partial charge in [0.15, 0.2) is 0 Å². The van der Waals surface area contributed by atoms with Crippen molar-refractivity contribution in [3.63, 3.8) is 0 Å². The van der Waals surface area contributed by atoms with Gasteiger partial charge in [-0.3, -0.25) is 0 Å². The van der Waals surface area contributed by atoms with Crippen molar-refractivity contribution in [1.82, 2.24) is 0 Å². The molecular weight excluding hydrogens is 567 g/mol. The van der Waals surface area contributed by atoms with Gasteiger partial charge in [0, 0.05) is 0 Å². The Hall–Kier alpha value is 1.50. The summed E-state index contributed by atoms with van der Waals surface area (Å²) in [6, 6.07) is 0. The zero-order valence-electron chi connectivity index (χ0n) is 25.9. The third-order valence-electron chi connectivity index (χ3n) is 5.00. The summed E-state index contributed by atoms with van der Waals surface area (Å²) in [5, 5.41) is 0. The van der Waals surface area contributed by atoms with Gasteiger partial charge in [-0.25, -0.2) is 0 Å². The molecule has 3 heteroatoms. The molecule has 0 atom stereocenters. The van der Waals surface area contributed by atoms with Gasteiger partial charge in [0.05, 0.1) is 0 Å². The quantitative estimate of drug-likeness (QED) is 0.0742. The van der Waals surface area contributed by atoms with Gasteiger partial charge in [-0.15, -0.1) is 0 Å². The van der Waals surface area contributed by atoms with Gasteiger partial charge in [0.25, 0.3) is 0 Å². The van der Waals surface area contributed by atoms with Crippen molar-refractivity contribution in [3.05, 3.63) is 11.8 Å². The van der Waals surface area contributed by atoms with Crippen LogP contribution in [0.3, 0.4) is 0 Å². The summed E-state index contributed by atoms with van der Waals surface area (Å²) in [4.78, 5) is 0. The Morgan fingerprint density at radius 3 is 0.629 bits per heavy atom. The first-order valence-corrected chi connectivity index (χ1v) is 16.1. The maximum absolute atomic E-state index is 4.90. The van der Waals surface area contributed by atoms with E-state index in [0.29, 0.717) is 0 Å². The maximum atomic E-state index is 4.90. The Bertz CT molecular complexity index is 229. The fourth-order valence-corrected chi connectivity index (χ4v) is 3.59. The van der Waals surface area contributed by atoms with Crippen LogP contribution in [0.15, 0.2) is 0 Å². The molecule has 0 aromatic rings. The molecule has 0 amide bonds. The van der Waals surface area contributed by atoms with E-state index < -0.39 is 0 Å². The Morgan fingerprint density at radius 2 is 0.486 bits per heavy atom. The Labute approximate surface area is 254 Å². The van der Waals surface area contributed by atoms with Crippen LogP contribution in [0, 0.1) is 11.8 Å². The van der Waals surface area contributed by atoms with Crippen molar-refractivity contribution in [1.29, 1.82) is 0 Å². The summed E-state index contributed by atoms with van der Waals surface area (Å²) in [6.07, 6.45) is 28.1. The van der Waals surface area contributed by atoms with E-state index in [1.165, 1.54) is 140 Å². The summed E-state index contributed by atoms with van der Waals surface area (Å²) < 4.78 is 0. The molecule has 0 N–H and O–H groups in total. The van der Waals surface area contributed by atoms with Crippen LogP contribution in [0.25, 0.3) is 0 Å². The molecule has 0 unspecified atom stereocenters. The molecular formula is C32H68S2Sn. The van der Waals surface area contributed by atoms with Gasteiger partial charge in [-0.2, -0.15) is 11.5 Å². The zero-order chi connectivity index (χ0) is 26.7. The summed E-state index contributed by atoms with van der Waals surface area (Å²) in [6.45, 7) is 17.0. The molecule has 0 heterocycles. The standard InChI is InChI=1S/2C12H26S.2C4H9.Sn/c2*1-2-3-4-5-6-7-8-9-10-11-12-13;2*1-4(2)3;/h2*13H,2-12H2,1H3;2*1-3H3;/q;;;;+2/p-2. The van der Waals surface area contributed by atoms with E-state index in [1.54, 1.807) is 0 Å². The van der Waals surface area contributed by atoms with E-state index >= 15 is 0 Å². The largest absolute Gasteiger partial charge is 2.00 e. The van der Waals surface area contributed by atoms with Crippen LogP contribution in [-0.4, -0.2) is 35.4 Å². The fraction of sp³-hybridized carbons (Fsp3) is 0.938. The smallest absolute Gasteiger partial charge is 0.793 e. The van der Waals surface area contributed by atoms with Crippen molar-refractivity contribution in [2.75, 3.05) is 11.5 Å². The van der Waals surface area contributed by atoms with Crippen LogP contribution in [0.2, 0.25) is 0 Å². The third kappa shape index (κ3) is 86.2. The van der Waals surface area contributed by atoms with Crippen LogP contribution in [-0.2, 0) is 25.3 Å². The molecule has 0 bridgehead atoms. The van der Waals surface area contributed by atoms with Crippen LogP contribution in [0.1, 0.15) is 184 Å². The molecule has 35 heavy (non-hydrogen) atoms. The second kappa shape index (κ2) is 48.6. The molecule has 0 aliphatic carbocycles. The first-order valence-electron chi connectivity index (χ1n) is 15.0.